The molecule has 0 unspecified atom stereocenters. The summed E-state index contributed by atoms with van der Waals surface area (Å²) in [6.07, 6.45) is 6.17. The second-order valence-corrected chi connectivity index (χ2v) is 8.37. The lowest BCUT2D eigenvalue weighted by atomic mass is 10.1. The van der Waals surface area contributed by atoms with Gasteiger partial charge in [0.25, 0.3) is 0 Å². The fourth-order valence-corrected chi connectivity index (χ4v) is 4.08. The lowest BCUT2D eigenvalue weighted by Crippen LogP contribution is -1.98. The summed E-state index contributed by atoms with van der Waals surface area (Å²) >= 11 is 6.02. The second-order valence-electron chi connectivity index (χ2n) is 7.96. The van der Waals surface area contributed by atoms with Gasteiger partial charge in [-0.2, -0.15) is 5.10 Å². The van der Waals surface area contributed by atoms with Crippen molar-refractivity contribution in [3.63, 3.8) is 0 Å². The van der Waals surface area contributed by atoms with E-state index in [1.54, 1.807) is 30.1 Å². The van der Waals surface area contributed by atoms with Crippen LogP contribution in [-0.4, -0.2) is 31.3 Å². The van der Waals surface area contributed by atoms with E-state index in [2.05, 4.69) is 10.1 Å². The van der Waals surface area contributed by atoms with Crippen molar-refractivity contribution in [1.82, 2.24) is 24.1 Å². The zero-order valence-electron chi connectivity index (χ0n) is 18.4. The van der Waals surface area contributed by atoms with Gasteiger partial charge in [-0.25, -0.2) is 18.9 Å². The normalized spacial score (nSPS) is 11.3. The standard InChI is InChI=1S/C25H21ClFN5O/c1-15-8-19(18-5-6-21(27)20(26)11-18)25-29-24(30-32(25)12-15)10-17-4-7-22(23(9-17)33-3)31-13-16(2)28-14-31/h4-9,11-14H,10H2,1-3H3. The van der Waals surface area contributed by atoms with Gasteiger partial charge in [0, 0.05) is 24.4 Å². The van der Waals surface area contributed by atoms with Crippen LogP contribution in [0.5, 0.6) is 5.75 Å². The SMILES string of the molecule is COc1cc(Cc2nc3c(-c4ccc(F)c(Cl)c4)cc(C)cn3n2)ccc1-n1cnc(C)c1. The van der Waals surface area contributed by atoms with Crippen LogP contribution in [0, 0.1) is 19.7 Å². The first kappa shape index (κ1) is 21.2. The van der Waals surface area contributed by atoms with Crippen LogP contribution >= 0.6 is 11.6 Å². The Kier molecular flexibility index (Phi) is 5.34. The van der Waals surface area contributed by atoms with Crippen LogP contribution in [0.1, 0.15) is 22.6 Å². The van der Waals surface area contributed by atoms with Gasteiger partial charge < -0.3 is 9.30 Å². The highest BCUT2D eigenvalue weighted by molar-refractivity contribution is 6.31. The first-order valence-corrected chi connectivity index (χ1v) is 10.8. The predicted molar refractivity (Wildman–Crippen MR) is 126 cm³/mol. The molecule has 0 N–H and O–H groups in total. The molecule has 0 fully saturated rings. The first-order valence-electron chi connectivity index (χ1n) is 10.4. The number of aryl methyl sites for hydroxylation is 2. The van der Waals surface area contributed by atoms with Crippen LogP contribution in [0.3, 0.4) is 0 Å². The Hall–Kier alpha value is -3.71. The molecule has 0 atom stereocenters. The van der Waals surface area contributed by atoms with Crippen LogP contribution in [0.25, 0.3) is 22.5 Å². The third-order valence-corrected chi connectivity index (χ3v) is 5.73. The largest absolute Gasteiger partial charge is 0.495 e. The molecule has 3 heterocycles. The van der Waals surface area contributed by atoms with Crippen molar-refractivity contribution in [3.05, 3.63) is 94.7 Å². The Morgan fingerprint density at radius 1 is 1.06 bits per heavy atom. The van der Waals surface area contributed by atoms with E-state index < -0.39 is 5.82 Å². The zero-order valence-corrected chi connectivity index (χ0v) is 19.1. The quantitative estimate of drug-likeness (QED) is 0.342. The van der Waals surface area contributed by atoms with Gasteiger partial charge in [-0.3, -0.25) is 0 Å². The highest BCUT2D eigenvalue weighted by Crippen LogP contribution is 2.29. The van der Waals surface area contributed by atoms with Gasteiger partial charge in [0.1, 0.15) is 11.6 Å². The van der Waals surface area contributed by atoms with Gasteiger partial charge in [-0.05, 0) is 60.9 Å². The lowest BCUT2D eigenvalue weighted by molar-refractivity contribution is 0.412. The van der Waals surface area contributed by atoms with Crippen molar-refractivity contribution < 1.29 is 9.13 Å². The molecule has 0 aliphatic heterocycles. The molecule has 2 aromatic carbocycles. The van der Waals surface area contributed by atoms with Crippen molar-refractivity contribution in [2.24, 2.45) is 0 Å². The Morgan fingerprint density at radius 2 is 1.91 bits per heavy atom. The highest BCUT2D eigenvalue weighted by atomic mass is 35.5. The van der Waals surface area contributed by atoms with Gasteiger partial charge in [0.05, 0.1) is 29.8 Å². The number of halogens is 2. The van der Waals surface area contributed by atoms with Crippen molar-refractivity contribution in [2.75, 3.05) is 7.11 Å². The number of methoxy groups -OCH3 is 1. The van der Waals surface area contributed by atoms with Crippen LogP contribution < -0.4 is 4.74 Å². The minimum Gasteiger partial charge on any atom is -0.495 e. The van der Waals surface area contributed by atoms with Crippen molar-refractivity contribution >= 4 is 17.2 Å². The third-order valence-electron chi connectivity index (χ3n) is 5.44. The summed E-state index contributed by atoms with van der Waals surface area (Å²) in [6, 6.07) is 12.7. The molecular formula is C25H21ClFN5O. The van der Waals surface area contributed by atoms with E-state index in [-0.39, 0.29) is 5.02 Å². The number of ether oxygens (including phenoxy) is 1. The Bertz CT molecular complexity index is 1490. The van der Waals surface area contributed by atoms with Crippen molar-refractivity contribution in [3.8, 4) is 22.6 Å². The average molecular weight is 462 g/mol. The molecule has 0 saturated heterocycles. The molecular weight excluding hydrogens is 441 g/mol. The summed E-state index contributed by atoms with van der Waals surface area (Å²) in [5, 5.41) is 4.75. The topological polar surface area (TPSA) is 57.2 Å². The molecule has 0 aliphatic carbocycles. The van der Waals surface area contributed by atoms with E-state index in [4.69, 9.17) is 21.3 Å². The van der Waals surface area contributed by atoms with Crippen LogP contribution in [0.2, 0.25) is 5.02 Å². The van der Waals surface area contributed by atoms with Gasteiger partial charge in [-0.15, -0.1) is 0 Å². The number of imidazole rings is 1. The summed E-state index contributed by atoms with van der Waals surface area (Å²) in [5.74, 6) is 0.962. The molecule has 0 bridgehead atoms. The molecule has 3 aromatic heterocycles. The average Bonchev–Trinajstić information content (AvgIpc) is 3.40. The summed E-state index contributed by atoms with van der Waals surface area (Å²) in [4.78, 5) is 9.06. The number of rotatable bonds is 5. The Labute approximate surface area is 195 Å². The molecule has 8 heteroatoms. The Morgan fingerprint density at radius 3 is 2.64 bits per heavy atom. The number of benzene rings is 2. The summed E-state index contributed by atoms with van der Waals surface area (Å²) in [7, 11) is 1.65. The molecule has 166 valence electrons. The predicted octanol–water partition coefficient (Wildman–Crippen LogP) is 5.59. The fraction of sp³-hybridized carbons (Fsp3) is 0.160. The van der Waals surface area contributed by atoms with Gasteiger partial charge in [0.15, 0.2) is 11.5 Å². The zero-order chi connectivity index (χ0) is 23.1. The first-order chi connectivity index (χ1) is 15.9. The number of pyridine rings is 1. The number of nitrogens with zero attached hydrogens (tertiary/aromatic N) is 5. The maximum absolute atomic E-state index is 13.7. The van der Waals surface area contributed by atoms with E-state index in [0.717, 1.165) is 39.4 Å². The van der Waals surface area contributed by atoms with E-state index in [1.807, 2.05) is 55.1 Å². The summed E-state index contributed by atoms with van der Waals surface area (Å²) in [6.45, 7) is 3.93. The number of hydrogen-bond acceptors (Lipinski definition) is 4. The van der Waals surface area contributed by atoms with Crippen LogP contribution in [0.15, 0.2) is 61.2 Å². The third kappa shape index (κ3) is 4.07. The smallest absolute Gasteiger partial charge is 0.163 e. The molecule has 5 aromatic rings. The number of fused-ring (bicyclic) bond motifs is 1. The molecule has 0 radical (unpaired) electrons. The second kappa shape index (κ2) is 8.33. The van der Waals surface area contributed by atoms with E-state index in [0.29, 0.717) is 17.9 Å². The Balaban J connectivity index is 1.52. The highest BCUT2D eigenvalue weighted by Gasteiger charge is 2.14. The van der Waals surface area contributed by atoms with Gasteiger partial charge in [-0.1, -0.05) is 23.7 Å². The molecule has 0 spiro atoms. The monoisotopic (exact) mass is 461 g/mol. The maximum atomic E-state index is 13.7. The molecule has 33 heavy (non-hydrogen) atoms. The van der Waals surface area contributed by atoms with E-state index >= 15 is 0 Å². The van der Waals surface area contributed by atoms with Crippen LogP contribution in [-0.2, 0) is 6.42 Å². The van der Waals surface area contributed by atoms with Crippen molar-refractivity contribution in [2.45, 2.75) is 20.3 Å². The molecule has 0 amide bonds. The summed E-state index contributed by atoms with van der Waals surface area (Å²) in [5.41, 5.74) is 6.20. The fourth-order valence-electron chi connectivity index (χ4n) is 3.90. The number of hydrogen-bond donors (Lipinski definition) is 0. The number of aromatic nitrogens is 5. The van der Waals surface area contributed by atoms with E-state index in [9.17, 15) is 4.39 Å². The minimum atomic E-state index is -0.450. The van der Waals surface area contributed by atoms with Gasteiger partial charge >= 0.3 is 0 Å². The van der Waals surface area contributed by atoms with Gasteiger partial charge in [0.2, 0.25) is 0 Å². The molecule has 0 aliphatic rings. The van der Waals surface area contributed by atoms with E-state index in [1.165, 1.54) is 6.07 Å². The molecule has 5 rings (SSSR count). The van der Waals surface area contributed by atoms with Crippen LogP contribution in [0.4, 0.5) is 4.39 Å². The van der Waals surface area contributed by atoms with Crippen molar-refractivity contribution in [1.29, 1.82) is 0 Å². The lowest BCUT2D eigenvalue weighted by Gasteiger charge is -2.10. The minimum absolute atomic E-state index is 0.0761. The molecule has 0 saturated carbocycles. The maximum Gasteiger partial charge on any atom is 0.163 e. The summed E-state index contributed by atoms with van der Waals surface area (Å²) < 4.78 is 23.0. The molecule has 6 nitrogen and oxygen atoms in total.